The monoisotopic (exact) mass is 750 g/mol. The van der Waals surface area contributed by atoms with E-state index in [2.05, 4.69) is 31.9 Å². The highest BCUT2D eigenvalue weighted by Crippen LogP contribution is 2.39. The second-order valence-electron chi connectivity index (χ2n) is 10.9. The normalized spacial score (nSPS) is 14.3. The van der Waals surface area contributed by atoms with Crippen LogP contribution in [0.25, 0.3) is 11.1 Å². The first-order valence-electron chi connectivity index (χ1n) is 15.0. The van der Waals surface area contributed by atoms with Crippen molar-refractivity contribution in [2.75, 3.05) is 33.9 Å². The Morgan fingerprint density at radius 3 is 1.96 bits per heavy atom. The van der Waals surface area contributed by atoms with Crippen LogP contribution in [0.5, 0.6) is 17.4 Å². The maximum Gasteiger partial charge on any atom is 0.428 e. The Bertz CT molecular complexity index is 1620. The van der Waals surface area contributed by atoms with E-state index in [4.69, 9.17) is 14.2 Å². The number of ether oxygens (including phenoxy) is 3. The molecular weight excluding hydrogens is 712 g/mol. The van der Waals surface area contributed by atoms with Crippen molar-refractivity contribution in [1.29, 1.82) is 0 Å². The number of halogens is 2. The molecule has 0 saturated carbocycles. The lowest BCUT2D eigenvalue weighted by Gasteiger charge is -2.37. The summed E-state index contributed by atoms with van der Waals surface area (Å²) in [5.41, 5.74) is 3.53. The second kappa shape index (κ2) is 15.2. The summed E-state index contributed by atoms with van der Waals surface area (Å²) in [5.74, 6) is 1.14. The number of carbonyl (C=O) groups excluding carboxylic acids is 2. The van der Waals surface area contributed by atoms with E-state index in [1.807, 2.05) is 38.1 Å². The lowest BCUT2D eigenvalue weighted by atomic mass is 10.0. The fourth-order valence-electron chi connectivity index (χ4n) is 5.77. The molecule has 2 amide bonds. The van der Waals surface area contributed by atoms with Gasteiger partial charge in [-0.3, -0.25) is 14.3 Å². The van der Waals surface area contributed by atoms with Crippen LogP contribution in [0.3, 0.4) is 0 Å². The topological polar surface area (TPSA) is 115 Å². The number of hydrogen-bond acceptors (Lipinski definition) is 7. The number of aryl methyl sites for hydroxylation is 2. The Labute approximate surface area is 279 Å². The van der Waals surface area contributed by atoms with E-state index < -0.39 is 6.09 Å². The molecule has 13 heteroatoms. The van der Waals surface area contributed by atoms with Crippen molar-refractivity contribution >= 4 is 43.9 Å². The average Bonchev–Trinajstić information content (AvgIpc) is 3.27. The van der Waals surface area contributed by atoms with E-state index in [1.165, 1.54) is 10.0 Å². The van der Waals surface area contributed by atoms with Gasteiger partial charge in [-0.2, -0.15) is 0 Å². The maximum absolute atomic E-state index is 12.8. The predicted octanol–water partition coefficient (Wildman–Crippen LogP) is 6.20. The third kappa shape index (κ3) is 7.51. The summed E-state index contributed by atoms with van der Waals surface area (Å²) >= 11 is 6.86. The zero-order valence-electron chi connectivity index (χ0n) is 26.3. The van der Waals surface area contributed by atoms with Crippen LogP contribution in [0.15, 0.2) is 38.0 Å². The van der Waals surface area contributed by atoms with Crippen molar-refractivity contribution in [2.24, 2.45) is 0 Å². The molecule has 0 aliphatic carbocycles. The van der Waals surface area contributed by atoms with Gasteiger partial charge in [0.2, 0.25) is 11.8 Å². The minimum absolute atomic E-state index is 0.0309. The molecule has 3 aromatic rings. The number of fused-ring (bicyclic) bond motifs is 1. The number of nitrogens with zero attached hydrogens (tertiary/aromatic N) is 4. The van der Waals surface area contributed by atoms with Crippen LogP contribution in [0.2, 0.25) is 0 Å². The van der Waals surface area contributed by atoms with Gasteiger partial charge in [-0.05, 0) is 81.8 Å². The van der Waals surface area contributed by atoms with Crippen LogP contribution in [-0.2, 0) is 29.0 Å². The number of aromatic nitrogens is 2. The molecule has 5 rings (SSSR count). The van der Waals surface area contributed by atoms with E-state index >= 15 is 0 Å². The van der Waals surface area contributed by atoms with E-state index in [-0.39, 0.29) is 30.4 Å². The molecule has 3 heterocycles. The third-order valence-electron chi connectivity index (χ3n) is 7.92. The fourth-order valence-corrected chi connectivity index (χ4v) is 6.87. The number of hydrazine groups is 1. The van der Waals surface area contributed by atoms with Gasteiger partial charge in [0.1, 0.15) is 17.1 Å². The molecule has 0 spiro atoms. The molecule has 45 heavy (non-hydrogen) atoms. The largest absolute Gasteiger partial charge is 0.496 e. The third-order valence-corrected chi connectivity index (χ3v) is 8.84. The quantitative estimate of drug-likeness (QED) is 0.319. The average molecular weight is 753 g/mol. The summed E-state index contributed by atoms with van der Waals surface area (Å²) in [7, 11) is 3.15. The fraction of sp³-hybridized carbons (Fsp3) is 0.469. The summed E-state index contributed by atoms with van der Waals surface area (Å²) in [4.78, 5) is 37.5. The van der Waals surface area contributed by atoms with Gasteiger partial charge in [-0.1, -0.05) is 31.9 Å². The number of aromatic hydroxyl groups is 1. The van der Waals surface area contributed by atoms with Gasteiger partial charge in [-0.15, -0.1) is 0 Å². The molecule has 1 aromatic heterocycles. The first kappa shape index (κ1) is 34.4. The van der Waals surface area contributed by atoms with Gasteiger partial charge < -0.3 is 19.3 Å². The van der Waals surface area contributed by atoms with Crippen LogP contribution in [0, 0.1) is 13.8 Å². The molecular formula is C32H40Br2N4O7. The zero-order valence-corrected chi connectivity index (χ0v) is 29.5. The Hall–Kier alpha value is -3.45. The van der Waals surface area contributed by atoms with Gasteiger partial charge in [0.05, 0.1) is 27.2 Å². The highest BCUT2D eigenvalue weighted by Gasteiger charge is 2.30. The molecule has 2 aromatic carbocycles. The first-order chi connectivity index (χ1) is 21.5. The predicted molar refractivity (Wildman–Crippen MR) is 178 cm³/mol. The molecule has 2 aliphatic rings. The standard InChI is InChI=1S/C17H23BrN2O4.C15H17BrN2O3/c1-4-24-17(22)20-8-6-5-7-19(20)16(21)11-14-12(2)9-13(18)10-15(14)23-3;1-9-7-10(16)8-11(21-2)12(9)13-14(19)17-5-3-4-6-18(17)15(13)20/h9-10H,4-8,11H2,1-3H3;7-8,19H,3-6H2,1-2H3. The Kier molecular flexibility index (Phi) is 11.6. The number of amides is 2. The van der Waals surface area contributed by atoms with E-state index in [9.17, 15) is 19.5 Å². The Morgan fingerprint density at radius 2 is 1.36 bits per heavy atom. The number of benzene rings is 2. The van der Waals surface area contributed by atoms with Gasteiger partial charge in [0.25, 0.3) is 5.56 Å². The summed E-state index contributed by atoms with van der Waals surface area (Å²) in [6, 6.07) is 7.51. The first-order valence-corrected chi connectivity index (χ1v) is 16.6. The number of methoxy groups -OCH3 is 2. The van der Waals surface area contributed by atoms with Gasteiger partial charge >= 0.3 is 6.09 Å². The molecule has 1 saturated heterocycles. The minimum Gasteiger partial charge on any atom is -0.496 e. The SMILES string of the molecule is CCOC(=O)N1CCCCN1C(=O)Cc1c(C)cc(Br)cc1OC.COc1cc(Br)cc(C)c1-c1c(O)n2n(c1=O)CCCC2. The Morgan fingerprint density at radius 1 is 0.800 bits per heavy atom. The van der Waals surface area contributed by atoms with Crippen molar-refractivity contribution in [1.82, 2.24) is 19.4 Å². The highest BCUT2D eigenvalue weighted by atomic mass is 79.9. The van der Waals surface area contributed by atoms with E-state index in [0.717, 1.165) is 51.3 Å². The smallest absolute Gasteiger partial charge is 0.428 e. The van der Waals surface area contributed by atoms with E-state index in [0.29, 0.717) is 48.8 Å². The van der Waals surface area contributed by atoms with Crippen LogP contribution < -0.4 is 15.0 Å². The number of hydrogen-bond donors (Lipinski definition) is 1. The molecule has 2 aliphatic heterocycles. The van der Waals surface area contributed by atoms with Crippen molar-refractivity contribution in [3.05, 3.63) is 60.3 Å². The molecule has 1 N–H and O–H groups in total. The van der Waals surface area contributed by atoms with Gasteiger partial charge in [0, 0.05) is 46.3 Å². The minimum atomic E-state index is -0.468. The second-order valence-corrected chi connectivity index (χ2v) is 12.7. The van der Waals surface area contributed by atoms with E-state index in [1.54, 1.807) is 30.5 Å². The molecule has 0 unspecified atom stereocenters. The van der Waals surface area contributed by atoms with Gasteiger partial charge in [0.15, 0.2) is 0 Å². The van der Waals surface area contributed by atoms with Crippen molar-refractivity contribution in [3.63, 3.8) is 0 Å². The maximum atomic E-state index is 12.8. The molecule has 1 fully saturated rings. The lowest BCUT2D eigenvalue weighted by molar-refractivity contribution is -0.148. The van der Waals surface area contributed by atoms with Crippen LogP contribution in [-0.4, -0.2) is 70.4 Å². The molecule has 11 nitrogen and oxygen atoms in total. The van der Waals surface area contributed by atoms with Crippen molar-refractivity contribution in [3.8, 4) is 28.5 Å². The highest BCUT2D eigenvalue weighted by molar-refractivity contribution is 9.10. The molecule has 0 atom stereocenters. The number of carbonyl (C=O) groups is 2. The van der Waals surface area contributed by atoms with Crippen molar-refractivity contribution < 1.29 is 28.9 Å². The molecule has 0 bridgehead atoms. The lowest BCUT2D eigenvalue weighted by Crippen LogP contribution is -2.53. The summed E-state index contributed by atoms with van der Waals surface area (Å²) in [6.45, 7) is 8.22. The zero-order chi connectivity index (χ0) is 32.8. The van der Waals surface area contributed by atoms with Crippen LogP contribution in [0.1, 0.15) is 49.3 Å². The van der Waals surface area contributed by atoms with Crippen LogP contribution >= 0.6 is 31.9 Å². The summed E-state index contributed by atoms with van der Waals surface area (Å²) in [5, 5.41) is 13.4. The summed E-state index contributed by atoms with van der Waals surface area (Å²) in [6.07, 6.45) is 3.38. The summed E-state index contributed by atoms with van der Waals surface area (Å²) < 4.78 is 20.9. The van der Waals surface area contributed by atoms with Crippen LogP contribution in [0.4, 0.5) is 4.79 Å². The Balaban J connectivity index is 0.000000206. The van der Waals surface area contributed by atoms with Crippen molar-refractivity contribution in [2.45, 2.75) is 66.0 Å². The molecule has 244 valence electrons. The molecule has 0 radical (unpaired) electrons. The van der Waals surface area contributed by atoms with Gasteiger partial charge in [-0.25, -0.2) is 19.5 Å². The number of rotatable bonds is 6.